The van der Waals surface area contributed by atoms with E-state index in [0.29, 0.717) is 16.9 Å². The van der Waals surface area contributed by atoms with Crippen molar-refractivity contribution in [3.8, 4) is 0 Å². The molecule has 0 atom stereocenters. The van der Waals surface area contributed by atoms with Gasteiger partial charge in [0.1, 0.15) is 5.76 Å². The number of hydrogen-bond acceptors (Lipinski definition) is 6. The largest absolute Gasteiger partial charge is 0.468 e. The van der Waals surface area contributed by atoms with Gasteiger partial charge >= 0.3 is 5.97 Å². The summed E-state index contributed by atoms with van der Waals surface area (Å²) in [5.74, 6) is -0.583. The van der Waals surface area contributed by atoms with E-state index in [-0.39, 0.29) is 22.8 Å². The van der Waals surface area contributed by atoms with Crippen LogP contribution in [0.4, 0.5) is 0 Å². The molecular weight excluding hydrogens is 430 g/mol. The molecule has 8 heteroatoms. The van der Waals surface area contributed by atoms with E-state index in [4.69, 9.17) is 9.15 Å². The Morgan fingerprint density at radius 1 is 1.06 bits per heavy atom. The average Bonchev–Trinajstić information content (AvgIpc) is 3.47. The van der Waals surface area contributed by atoms with E-state index in [1.165, 1.54) is 30.0 Å². The van der Waals surface area contributed by atoms with Gasteiger partial charge in [-0.2, -0.15) is 0 Å². The topological polar surface area (TPSA) is 103 Å². The zero-order valence-corrected chi connectivity index (χ0v) is 18.4. The van der Waals surface area contributed by atoms with Crippen LogP contribution in [0.5, 0.6) is 0 Å². The van der Waals surface area contributed by atoms with E-state index in [1.807, 2.05) is 12.1 Å². The molecule has 1 aliphatic rings. The fraction of sp³-hybridized carbons (Fsp3) is 0.250. The second-order valence-electron chi connectivity index (χ2n) is 7.72. The molecule has 1 N–H and O–H groups in total. The number of rotatable bonds is 8. The summed E-state index contributed by atoms with van der Waals surface area (Å²) in [4.78, 5) is 25.0. The van der Waals surface area contributed by atoms with Crippen molar-refractivity contribution < 1.29 is 27.2 Å². The summed E-state index contributed by atoms with van der Waals surface area (Å²) in [6.07, 6.45) is 4.50. The van der Waals surface area contributed by atoms with Crippen molar-refractivity contribution in [2.45, 2.75) is 37.6 Å². The predicted octanol–water partition coefficient (Wildman–Crippen LogP) is 3.59. The molecule has 1 heterocycles. The van der Waals surface area contributed by atoms with Crippen molar-refractivity contribution in [3.63, 3.8) is 0 Å². The number of fused-ring (bicyclic) bond motifs is 1. The molecule has 0 unspecified atom stereocenters. The lowest BCUT2D eigenvalue weighted by molar-refractivity contribution is 0.0473. The summed E-state index contributed by atoms with van der Waals surface area (Å²) in [6.45, 7) is 1.24. The van der Waals surface area contributed by atoms with Crippen molar-refractivity contribution in [2.75, 3.05) is 6.61 Å². The summed E-state index contributed by atoms with van der Waals surface area (Å²) >= 11 is 0. The molecule has 0 saturated carbocycles. The van der Waals surface area contributed by atoms with Crippen LogP contribution < -0.4 is 4.72 Å². The van der Waals surface area contributed by atoms with Crippen molar-refractivity contribution >= 4 is 21.8 Å². The lowest BCUT2D eigenvalue weighted by atomic mass is 10.0. The molecule has 4 rings (SSSR count). The minimum atomic E-state index is -3.87. The van der Waals surface area contributed by atoms with Gasteiger partial charge in [-0.1, -0.05) is 18.2 Å². The smallest absolute Gasteiger partial charge is 0.338 e. The normalized spacial score (nSPS) is 13.0. The molecule has 1 aliphatic carbocycles. The zero-order valence-electron chi connectivity index (χ0n) is 17.6. The number of esters is 1. The highest BCUT2D eigenvalue weighted by Crippen LogP contribution is 2.23. The molecule has 7 nitrogen and oxygen atoms in total. The second-order valence-corrected chi connectivity index (χ2v) is 9.48. The quantitative estimate of drug-likeness (QED) is 0.413. The van der Waals surface area contributed by atoms with Crippen LogP contribution >= 0.6 is 0 Å². The van der Waals surface area contributed by atoms with Crippen molar-refractivity contribution in [3.05, 3.63) is 88.4 Å². The minimum Gasteiger partial charge on any atom is -0.468 e. The Balaban J connectivity index is 1.43. The summed E-state index contributed by atoms with van der Waals surface area (Å²) in [7, 11) is -3.87. The maximum absolute atomic E-state index is 12.6. The Morgan fingerprint density at radius 2 is 1.88 bits per heavy atom. The van der Waals surface area contributed by atoms with Gasteiger partial charge in [0.15, 0.2) is 12.4 Å². The maximum atomic E-state index is 12.6. The van der Waals surface area contributed by atoms with Crippen LogP contribution in [0, 0.1) is 6.92 Å². The van der Waals surface area contributed by atoms with Crippen molar-refractivity contribution in [1.29, 1.82) is 0 Å². The third-order valence-electron chi connectivity index (χ3n) is 5.51. The summed E-state index contributed by atoms with van der Waals surface area (Å²) in [5.41, 5.74) is 3.57. The number of furan rings is 1. The fourth-order valence-electron chi connectivity index (χ4n) is 3.69. The molecule has 0 amide bonds. The fourth-order valence-corrected chi connectivity index (χ4v) is 4.71. The lowest BCUT2D eigenvalue weighted by Gasteiger charge is -2.10. The predicted molar refractivity (Wildman–Crippen MR) is 117 cm³/mol. The number of carbonyl (C=O) groups is 2. The number of nitrogens with one attached hydrogen (secondary N) is 1. The maximum Gasteiger partial charge on any atom is 0.338 e. The van der Waals surface area contributed by atoms with Gasteiger partial charge in [-0.25, -0.2) is 17.9 Å². The first-order valence-electron chi connectivity index (χ1n) is 10.3. The monoisotopic (exact) mass is 453 g/mol. The number of sulfonamides is 1. The number of benzene rings is 2. The molecule has 0 radical (unpaired) electrons. The van der Waals surface area contributed by atoms with Crippen LogP contribution in [0.2, 0.25) is 0 Å². The van der Waals surface area contributed by atoms with Crippen LogP contribution in [-0.2, 0) is 34.1 Å². The number of Topliss-reactive ketones (excluding diaryl/α,β-unsaturated/α-hetero) is 1. The van der Waals surface area contributed by atoms with Gasteiger partial charge in [0.2, 0.25) is 10.0 Å². The Hall–Kier alpha value is -3.23. The van der Waals surface area contributed by atoms with E-state index in [2.05, 4.69) is 4.72 Å². The summed E-state index contributed by atoms with van der Waals surface area (Å²) < 4.78 is 38.0. The Kier molecular flexibility index (Phi) is 6.25. The SMILES string of the molecule is Cc1ccc(S(=O)(=O)NCc2ccco2)cc1C(=O)OCC(=O)c1ccc2c(c1)CCC2. The molecule has 0 fully saturated rings. The first-order valence-corrected chi connectivity index (χ1v) is 11.8. The third kappa shape index (κ3) is 4.81. The first-order chi connectivity index (χ1) is 15.3. The molecule has 0 spiro atoms. The van der Waals surface area contributed by atoms with Crippen LogP contribution in [0.25, 0.3) is 0 Å². The van der Waals surface area contributed by atoms with Crippen molar-refractivity contribution in [2.24, 2.45) is 0 Å². The standard InChI is InChI=1S/C24H23NO6S/c1-16-7-10-21(32(28,29)25-14-20-6-3-11-30-20)13-22(16)24(27)31-15-23(26)19-9-8-17-4-2-5-18(17)12-19/h3,6-13,25H,2,4-5,14-15H2,1H3. The lowest BCUT2D eigenvalue weighted by Crippen LogP contribution is -2.23. The molecule has 32 heavy (non-hydrogen) atoms. The molecule has 166 valence electrons. The van der Waals surface area contributed by atoms with Gasteiger partial charge in [0.25, 0.3) is 0 Å². The molecule has 3 aromatic rings. The molecule has 0 bridgehead atoms. The highest BCUT2D eigenvalue weighted by molar-refractivity contribution is 7.89. The van der Waals surface area contributed by atoms with E-state index >= 15 is 0 Å². The van der Waals surface area contributed by atoms with E-state index in [9.17, 15) is 18.0 Å². The second kappa shape index (κ2) is 9.10. The van der Waals surface area contributed by atoms with Gasteiger partial charge in [0.05, 0.1) is 23.3 Å². The molecular formula is C24H23NO6S. The number of ketones is 1. The summed E-state index contributed by atoms with van der Waals surface area (Å²) in [5, 5.41) is 0. The van der Waals surface area contributed by atoms with Gasteiger partial charge in [-0.15, -0.1) is 0 Å². The number of hydrogen-bond donors (Lipinski definition) is 1. The third-order valence-corrected chi connectivity index (χ3v) is 6.91. The Morgan fingerprint density at radius 3 is 2.66 bits per heavy atom. The van der Waals surface area contributed by atoms with Crippen LogP contribution in [0.15, 0.2) is 64.1 Å². The molecule has 2 aromatic carbocycles. The van der Waals surface area contributed by atoms with E-state index in [0.717, 1.165) is 24.8 Å². The number of carbonyl (C=O) groups excluding carboxylic acids is 2. The zero-order chi connectivity index (χ0) is 22.7. The minimum absolute atomic E-state index is 0.0156. The van der Waals surface area contributed by atoms with Gasteiger partial charge in [-0.05, 0) is 73.2 Å². The Bertz CT molecular complexity index is 1260. The Labute approximate surface area is 186 Å². The molecule has 0 saturated heterocycles. The van der Waals surface area contributed by atoms with Gasteiger partial charge in [0, 0.05) is 5.56 Å². The van der Waals surface area contributed by atoms with Gasteiger partial charge in [-0.3, -0.25) is 4.79 Å². The number of aryl methyl sites for hydroxylation is 3. The highest BCUT2D eigenvalue weighted by atomic mass is 32.2. The van der Waals surface area contributed by atoms with Gasteiger partial charge < -0.3 is 9.15 Å². The van der Waals surface area contributed by atoms with Crippen LogP contribution in [0.3, 0.4) is 0 Å². The van der Waals surface area contributed by atoms with Crippen molar-refractivity contribution in [1.82, 2.24) is 4.72 Å². The van der Waals surface area contributed by atoms with Crippen LogP contribution in [-0.4, -0.2) is 26.8 Å². The number of ether oxygens (including phenoxy) is 1. The van der Waals surface area contributed by atoms with Crippen LogP contribution in [0.1, 0.15) is 49.6 Å². The average molecular weight is 454 g/mol. The molecule has 0 aliphatic heterocycles. The van der Waals surface area contributed by atoms with E-state index in [1.54, 1.807) is 25.1 Å². The summed E-state index contributed by atoms with van der Waals surface area (Å²) in [6, 6.07) is 13.1. The first kappa shape index (κ1) is 22.0. The molecule has 1 aromatic heterocycles. The van der Waals surface area contributed by atoms with E-state index < -0.39 is 22.6 Å². The highest BCUT2D eigenvalue weighted by Gasteiger charge is 2.20.